The summed E-state index contributed by atoms with van der Waals surface area (Å²) in [4.78, 5) is 8.54. The number of nitrogens with zero attached hydrogens (tertiary/aromatic N) is 2. The Labute approximate surface area is 114 Å². The first-order chi connectivity index (χ1) is 9.24. The highest BCUT2D eigenvalue weighted by Gasteiger charge is 2.20. The van der Waals surface area contributed by atoms with E-state index in [0.29, 0.717) is 31.1 Å². The summed E-state index contributed by atoms with van der Waals surface area (Å²) in [6.45, 7) is 6.91. The molecule has 2 rings (SSSR count). The van der Waals surface area contributed by atoms with Crippen LogP contribution in [0.4, 0.5) is 0 Å². The molecule has 0 saturated heterocycles. The fourth-order valence-electron chi connectivity index (χ4n) is 1.57. The third-order valence-electron chi connectivity index (χ3n) is 2.76. The zero-order valence-electron chi connectivity index (χ0n) is 11.8. The third-order valence-corrected chi connectivity index (χ3v) is 2.76. The molecule has 19 heavy (non-hydrogen) atoms. The van der Waals surface area contributed by atoms with Crippen LogP contribution in [0.15, 0.2) is 12.4 Å². The van der Waals surface area contributed by atoms with Gasteiger partial charge in [-0.3, -0.25) is 4.98 Å². The van der Waals surface area contributed by atoms with Crippen molar-refractivity contribution in [1.82, 2.24) is 15.3 Å². The van der Waals surface area contributed by atoms with Crippen molar-refractivity contribution in [3.05, 3.63) is 18.1 Å². The molecular formula is C14H23N3O2. The van der Waals surface area contributed by atoms with E-state index in [2.05, 4.69) is 29.1 Å². The van der Waals surface area contributed by atoms with E-state index in [-0.39, 0.29) is 0 Å². The summed E-state index contributed by atoms with van der Waals surface area (Å²) in [6, 6.07) is 0.691. The topological polar surface area (TPSA) is 56.3 Å². The Bertz CT molecular complexity index is 363. The first kappa shape index (κ1) is 14.2. The second-order valence-electron chi connectivity index (χ2n) is 5.32. The highest BCUT2D eigenvalue weighted by molar-refractivity contribution is 5.07. The molecule has 0 bridgehead atoms. The zero-order chi connectivity index (χ0) is 13.5. The lowest BCUT2D eigenvalue weighted by Gasteiger charge is -2.08. The molecule has 1 fully saturated rings. The van der Waals surface area contributed by atoms with Gasteiger partial charge in [-0.05, 0) is 18.8 Å². The van der Waals surface area contributed by atoms with Gasteiger partial charge < -0.3 is 14.8 Å². The fourth-order valence-corrected chi connectivity index (χ4v) is 1.57. The van der Waals surface area contributed by atoms with Gasteiger partial charge in [0.15, 0.2) is 0 Å². The monoisotopic (exact) mass is 265 g/mol. The van der Waals surface area contributed by atoms with E-state index in [9.17, 15) is 0 Å². The maximum Gasteiger partial charge on any atom is 0.232 e. The lowest BCUT2D eigenvalue weighted by atomic mass is 10.2. The molecule has 5 nitrogen and oxygen atoms in total. The molecule has 0 amide bonds. The minimum atomic E-state index is 0.515. The molecule has 0 unspecified atom stereocenters. The molecule has 1 aromatic heterocycles. The second-order valence-corrected chi connectivity index (χ2v) is 5.32. The van der Waals surface area contributed by atoms with Crippen LogP contribution in [-0.4, -0.2) is 35.8 Å². The zero-order valence-corrected chi connectivity index (χ0v) is 11.8. The summed E-state index contributed by atoms with van der Waals surface area (Å²) in [5, 5.41) is 3.40. The molecule has 0 radical (unpaired) electrons. The molecular weight excluding hydrogens is 242 g/mol. The van der Waals surface area contributed by atoms with Gasteiger partial charge in [-0.1, -0.05) is 13.8 Å². The van der Waals surface area contributed by atoms with E-state index >= 15 is 0 Å². The van der Waals surface area contributed by atoms with E-state index in [0.717, 1.165) is 18.8 Å². The van der Waals surface area contributed by atoms with Crippen molar-refractivity contribution in [3.63, 3.8) is 0 Å². The highest BCUT2D eigenvalue weighted by Crippen LogP contribution is 2.19. The second kappa shape index (κ2) is 7.40. The molecule has 0 aromatic carbocycles. The number of ether oxygens (including phenoxy) is 2. The number of hydrogen-bond donors (Lipinski definition) is 1. The Morgan fingerprint density at radius 1 is 1.26 bits per heavy atom. The van der Waals surface area contributed by atoms with E-state index in [1.807, 2.05) is 0 Å². The van der Waals surface area contributed by atoms with Crippen molar-refractivity contribution >= 4 is 0 Å². The van der Waals surface area contributed by atoms with Crippen molar-refractivity contribution in [2.45, 2.75) is 39.3 Å². The Morgan fingerprint density at radius 2 is 2.11 bits per heavy atom. The fraction of sp³-hybridized carbons (Fsp3) is 0.714. The van der Waals surface area contributed by atoms with Crippen LogP contribution in [-0.2, 0) is 11.3 Å². The summed E-state index contributed by atoms with van der Waals surface area (Å²) in [5.41, 5.74) is 0.954. The lowest BCUT2D eigenvalue weighted by molar-refractivity contribution is 0.0805. The first-order valence-corrected chi connectivity index (χ1v) is 6.99. The predicted octanol–water partition coefficient (Wildman–Crippen LogP) is 1.78. The molecule has 1 aromatic rings. The van der Waals surface area contributed by atoms with Crippen LogP contribution in [0.5, 0.6) is 5.88 Å². The standard InChI is InChI=1S/C14H23N3O2/c1-11(2)10-18-5-6-19-14-9-16-13(8-17-14)7-15-12-3-4-12/h8-9,11-12,15H,3-7,10H2,1-2H3. The smallest absolute Gasteiger partial charge is 0.232 e. The summed E-state index contributed by atoms with van der Waals surface area (Å²) in [5.74, 6) is 1.11. The van der Waals surface area contributed by atoms with Crippen molar-refractivity contribution in [3.8, 4) is 5.88 Å². The van der Waals surface area contributed by atoms with Crippen LogP contribution < -0.4 is 10.1 Å². The third kappa shape index (κ3) is 5.98. The summed E-state index contributed by atoms with van der Waals surface area (Å²) in [6.07, 6.45) is 6.00. The molecule has 0 aliphatic heterocycles. The van der Waals surface area contributed by atoms with Crippen LogP contribution >= 0.6 is 0 Å². The van der Waals surface area contributed by atoms with Crippen LogP contribution in [0.3, 0.4) is 0 Å². The van der Waals surface area contributed by atoms with Gasteiger partial charge in [-0.2, -0.15) is 0 Å². The highest BCUT2D eigenvalue weighted by atomic mass is 16.5. The Kier molecular flexibility index (Phi) is 5.54. The number of rotatable bonds is 9. The molecule has 1 aliphatic rings. The van der Waals surface area contributed by atoms with Gasteiger partial charge in [0.25, 0.3) is 0 Å². The average molecular weight is 265 g/mol. The van der Waals surface area contributed by atoms with Gasteiger partial charge in [0, 0.05) is 19.2 Å². The SMILES string of the molecule is CC(C)COCCOc1cnc(CNC2CC2)cn1. The maximum atomic E-state index is 5.46. The minimum absolute atomic E-state index is 0.515. The van der Waals surface area contributed by atoms with Crippen molar-refractivity contribution in [2.24, 2.45) is 5.92 Å². The molecule has 1 aliphatic carbocycles. The van der Waals surface area contributed by atoms with Crippen LogP contribution in [0.25, 0.3) is 0 Å². The quantitative estimate of drug-likeness (QED) is 0.690. The Hall–Kier alpha value is -1.20. The van der Waals surface area contributed by atoms with Crippen molar-refractivity contribution < 1.29 is 9.47 Å². The summed E-state index contributed by atoms with van der Waals surface area (Å²) < 4.78 is 10.9. The van der Waals surface area contributed by atoms with Crippen molar-refractivity contribution in [2.75, 3.05) is 19.8 Å². The minimum Gasteiger partial charge on any atom is -0.474 e. The normalized spacial score (nSPS) is 14.9. The molecule has 1 heterocycles. The molecule has 5 heteroatoms. The average Bonchev–Trinajstić information content (AvgIpc) is 3.21. The van der Waals surface area contributed by atoms with E-state index in [1.165, 1.54) is 12.8 Å². The van der Waals surface area contributed by atoms with Gasteiger partial charge >= 0.3 is 0 Å². The van der Waals surface area contributed by atoms with Gasteiger partial charge in [0.05, 0.1) is 24.7 Å². The Balaban J connectivity index is 1.60. The van der Waals surface area contributed by atoms with Gasteiger partial charge in [0.2, 0.25) is 5.88 Å². The van der Waals surface area contributed by atoms with Gasteiger partial charge in [-0.25, -0.2) is 4.98 Å². The van der Waals surface area contributed by atoms with Crippen molar-refractivity contribution in [1.29, 1.82) is 0 Å². The molecule has 0 atom stereocenters. The van der Waals surface area contributed by atoms with E-state index < -0.39 is 0 Å². The number of nitrogens with one attached hydrogen (secondary N) is 1. The number of hydrogen-bond acceptors (Lipinski definition) is 5. The van der Waals surface area contributed by atoms with Crippen LogP contribution in [0.1, 0.15) is 32.4 Å². The van der Waals surface area contributed by atoms with E-state index in [1.54, 1.807) is 12.4 Å². The number of aromatic nitrogens is 2. The first-order valence-electron chi connectivity index (χ1n) is 6.99. The molecule has 1 saturated carbocycles. The summed E-state index contributed by atoms with van der Waals surface area (Å²) >= 11 is 0. The lowest BCUT2D eigenvalue weighted by Crippen LogP contribution is -2.16. The molecule has 106 valence electrons. The van der Waals surface area contributed by atoms with E-state index in [4.69, 9.17) is 9.47 Å². The molecule has 1 N–H and O–H groups in total. The Morgan fingerprint density at radius 3 is 2.74 bits per heavy atom. The van der Waals surface area contributed by atoms with Gasteiger partial charge in [-0.15, -0.1) is 0 Å². The largest absolute Gasteiger partial charge is 0.474 e. The maximum absolute atomic E-state index is 5.46. The predicted molar refractivity (Wildman–Crippen MR) is 73.0 cm³/mol. The summed E-state index contributed by atoms with van der Waals surface area (Å²) in [7, 11) is 0. The molecule has 0 spiro atoms. The van der Waals surface area contributed by atoms with Gasteiger partial charge in [0.1, 0.15) is 6.61 Å². The van der Waals surface area contributed by atoms with Crippen LogP contribution in [0, 0.1) is 5.92 Å². The van der Waals surface area contributed by atoms with Crippen LogP contribution in [0.2, 0.25) is 0 Å².